The van der Waals surface area contributed by atoms with Crippen LogP contribution in [-0.2, 0) is 10.0 Å². The van der Waals surface area contributed by atoms with E-state index in [9.17, 15) is 13.5 Å². The fourth-order valence-electron chi connectivity index (χ4n) is 2.46. The molecule has 1 aliphatic rings. The van der Waals surface area contributed by atoms with Crippen molar-refractivity contribution in [2.45, 2.75) is 25.9 Å². The van der Waals surface area contributed by atoms with Gasteiger partial charge in [-0.3, -0.25) is 4.90 Å². The Morgan fingerprint density at radius 1 is 1.33 bits per heavy atom. The van der Waals surface area contributed by atoms with Crippen LogP contribution < -0.4 is 0 Å². The lowest BCUT2D eigenvalue weighted by Crippen LogP contribution is -2.50. The van der Waals surface area contributed by atoms with Gasteiger partial charge in [0, 0.05) is 37.6 Å². The van der Waals surface area contributed by atoms with Crippen LogP contribution in [0.5, 0.6) is 0 Å². The Morgan fingerprint density at radius 3 is 2.62 bits per heavy atom. The highest BCUT2D eigenvalue weighted by Gasteiger charge is 2.27. The number of hydrogen-bond donors (Lipinski definition) is 1. The third-order valence-electron chi connectivity index (χ3n) is 3.78. The summed E-state index contributed by atoms with van der Waals surface area (Å²) in [4.78, 5) is 3.10. The molecule has 1 saturated heterocycles. The summed E-state index contributed by atoms with van der Waals surface area (Å²) in [5.74, 6) is 0.251. The second kappa shape index (κ2) is 7.69. The van der Waals surface area contributed by atoms with Crippen molar-refractivity contribution in [1.82, 2.24) is 9.21 Å². The Balaban J connectivity index is 1.80. The van der Waals surface area contributed by atoms with Gasteiger partial charge in [0.1, 0.15) is 6.10 Å². The molecule has 0 saturated carbocycles. The quantitative estimate of drug-likeness (QED) is 0.822. The Bertz CT molecular complexity index is 508. The van der Waals surface area contributed by atoms with E-state index in [1.54, 1.807) is 15.6 Å². The summed E-state index contributed by atoms with van der Waals surface area (Å²) in [6.45, 7) is 5.01. The van der Waals surface area contributed by atoms with Gasteiger partial charge in [-0.25, -0.2) is 8.42 Å². The first-order valence-electron chi connectivity index (χ1n) is 7.44. The number of sulfonamides is 1. The molecule has 2 heterocycles. The maximum atomic E-state index is 12.1. The summed E-state index contributed by atoms with van der Waals surface area (Å²) in [5.41, 5.74) is 0. The van der Waals surface area contributed by atoms with Gasteiger partial charge in [-0.2, -0.15) is 4.31 Å². The number of hydrogen-bond acceptors (Lipinski definition) is 5. The molecule has 1 atom stereocenters. The minimum Gasteiger partial charge on any atom is -0.386 e. The number of unbranched alkanes of at least 4 members (excludes halogenated alkanes) is 1. The fraction of sp³-hybridized carbons (Fsp3) is 0.714. The SMILES string of the molecule is CCCCS(=O)(=O)N1CCN(CC(O)c2cccs2)CC1. The molecule has 0 bridgehead atoms. The van der Waals surface area contributed by atoms with E-state index in [0.29, 0.717) is 32.7 Å². The molecule has 1 aromatic heterocycles. The van der Waals surface area contributed by atoms with Crippen LogP contribution in [0.4, 0.5) is 0 Å². The zero-order valence-electron chi connectivity index (χ0n) is 12.4. The lowest BCUT2D eigenvalue weighted by molar-refractivity contribution is 0.0942. The van der Waals surface area contributed by atoms with Gasteiger partial charge in [0.05, 0.1) is 5.75 Å². The average molecular weight is 332 g/mol. The number of aliphatic hydroxyl groups is 1. The molecular formula is C14H24N2O3S2. The first kappa shape index (κ1) is 16.9. The summed E-state index contributed by atoms with van der Waals surface area (Å²) in [7, 11) is -3.09. The summed E-state index contributed by atoms with van der Waals surface area (Å²) >= 11 is 1.55. The number of β-amino-alcohol motifs (C(OH)–C–C–N with tert-alkyl or cyclic N) is 1. The van der Waals surface area contributed by atoms with Crippen molar-refractivity contribution < 1.29 is 13.5 Å². The Kier molecular flexibility index (Phi) is 6.19. The van der Waals surface area contributed by atoms with Crippen molar-refractivity contribution >= 4 is 21.4 Å². The molecule has 0 aliphatic carbocycles. The highest BCUT2D eigenvalue weighted by atomic mass is 32.2. The van der Waals surface area contributed by atoms with E-state index in [0.717, 1.165) is 17.7 Å². The zero-order valence-corrected chi connectivity index (χ0v) is 14.1. The predicted molar refractivity (Wildman–Crippen MR) is 86.0 cm³/mol. The van der Waals surface area contributed by atoms with Crippen molar-refractivity contribution in [3.63, 3.8) is 0 Å². The molecular weight excluding hydrogens is 308 g/mol. The number of aliphatic hydroxyl groups excluding tert-OH is 1. The highest BCUT2D eigenvalue weighted by Crippen LogP contribution is 2.20. The third-order valence-corrected chi connectivity index (χ3v) is 6.71. The van der Waals surface area contributed by atoms with E-state index in [2.05, 4.69) is 4.90 Å². The summed E-state index contributed by atoms with van der Waals surface area (Å²) < 4.78 is 25.8. The molecule has 1 unspecified atom stereocenters. The van der Waals surface area contributed by atoms with Gasteiger partial charge in [0.2, 0.25) is 10.0 Å². The van der Waals surface area contributed by atoms with Crippen LogP contribution in [0.2, 0.25) is 0 Å². The van der Waals surface area contributed by atoms with Crippen LogP contribution >= 0.6 is 11.3 Å². The molecule has 0 aromatic carbocycles. The number of rotatable bonds is 7. The monoisotopic (exact) mass is 332 g/mol. The highest BCUT2D eigenvalue weighted by molar-refractivity contribution is 7.89. The van der Waals surface area contributed by atoms with Gasteiger partial charge < -0.3 is 5.11 Å². The second-order valence-corrected chi connectivity index (χ2v) is 8.47. The van der Waals surface area contributed by atoms with Crippen molar-refractivity contribution in [2.24, 2.45) is 0 Å². The number of thiophene rings is 1. The normalized spacial score (nSPS) is 19.7. The fourth-order valence-corrected chi connectivity index (χ4v) is 4.80. The van der Waals surface area contributed by atoms with Gasteiger partial charge in [0.15, 0.2) is 0 Å². The Hall–Kier alpha value is -0.470. The predicted octanol–water partition coefficient (Wildman–Crippen LogP) is 1.53. The van der Waals surface area contributed by atoms with Crippen LogP contribution in [0.25, 0.3) is 0 Å². The number of piperazine rings is 1. The molecule has 7 heteroatoms. The van der Waals surface area contributed by atoms with Gasteiger partial charge >= 0.3 is 0 Å². The molecule has 1 N–H and O–H groups in total. The molecule has 21 heavy (non-hydrogen) atoms. The van der Waals surface area contributed by atoms with Gasteiger partial charge in [0.25, 0.3) is 0 Å². The molecule has 1 aromatic rings. The van der Waals surface area contributed by atoms with Crippen LogP contribution in [0.3, 0.4) is 0 Å². The van der Waals surface area contributed by atoms with Crippen LogP contribution in [-0.4, -0.2) is 61.2 Å². The zero-order chi connectivity index (χ0) is 15.3. The standard InChI is InChI=1S/C14H24N2O3S2/c1-2-3-11-21(18,19)16-8-6-15(7-9-16)12-13(17)14-5-4-10-20-14/h4-5,10,13,17H,2-3,6-9,11-12H2,1H3. The van der Waals surface area contributed by atoms with E-state index in [1.807, 2.05) is 24.4 Å². The molecule has 5 nitrogen and oxygen atoms in total. The Labute approximate surface area is 131 Å². The van der Waals surface area contributed by atoms with Crippen molar-refractivity contribution in [3.05, 3.63) is 22.4 Å². The molecule has 0 amide bonds. The largest absolute Gasteiger partial charge is 0.386 e. The van der Waals surface area contributed by atoms with Crippen molar-refractivity contribution in [3.8, 4) is 0 Å². The van der Waals surface area contributed by atoms with Gasteiger partial charge in [-0.05, 0) is 17.9 Å². The van der Waals surface area contributed by atoms with Crippen molar-refractivity contribution in [2.75, 3.05) is 38.5 Å². The lowest BCUT2D eigenvalue weighted by Gasteiger charge is -2.34. The van der Waals surface area contributed by atoms with E-state index in [1.165, 1.54) is 0 Å². The molecule has 0 radical (unpaired) electrons. The molecule has 1 fully saturated rings. The molecule has 0 spiro atoms. The van der Waals surface area contributed by atoms with E-state index in [4.69, 9.17) is 0 Å². The average Bonchev–Trinajstić information content (AvgIpc) is 3.00. The summed E-state index contributed by atoms with van der Waals surface area (Å²) in [6, 6.07) is 3.86. The van der Waals surface area contributed by atoms with Gasteiger partial charge in [-0.1, -0.05) is 19.4 Å². The van der Waals surface area contributed by atoms with Crippen LogP contribution in [0, 0.1) is 0 Å². The molecule has 2 rings (SSSR count). The topological polar surface area (TPSA) is 60.9 Å². The van der Waals surface area contributed by atoms with E-state index in [-0.39, 0.29) is 5.75 Å². The minimum atomic E-state index is -3.09. The molecule has 1 aliphatic heterocycles. The summed E-state index contributed by atoms with van der Waals surface area (Å²) in [5, 5.41) is 12.1. The van der Waals surface area contributed by atoms with E-state index < -0.39 is 16.1 Å². The summed E-state index contributed by atoms with van der Waals surface area (Å²) in [6.07, 6.45) is 1.14. The third kappa shape index (κ3) is 4.75. The second-order valence-electron chi connectivity index (χ2n) is 5.40. The maximum Gasteiger partial charge on any atom is 0.214 e. The maximum absolute atomic E-state index is 12.1. The molecule has 120 valence electrons. The van der Waals surface area contributed by atoms with E-state index >= 15 is 0 Å². The first-order valence-corrected chi connectivity index (χ1v) is 9.93. The van der Waals surface area contributed by atoms with Gasteiger partial charge in [-0.15, -0.1) is 11.3 Å². The minimum absolute atomic E-state index is 0.251. The Morgan fingerprint density at radius 2 is 2.05 bits per heavy atom. The first-order chi connectivity index (χ1) is 10.0. The van der Waals surface area contributed by atoms with Crippen LogP contribution in [0.15, 0.2) is 17.5 Å². The number of nitrogens with zero attached hydrogens (tertiary/aromatic N) is 2. The smallest absolute Gasteiger partial charge is 0.214 e. The lowest BCUT2D eigenvalue weighted by atomic mass is 10.2. The van der Waals surface area contributed by atoms with Crippen molar-refractivity contribution in [1.29, 1.82) is 0 Å². The van der Waals surface area contributed by atoms with Crippen LogP contribution in [0.1, 0.15) is 30.7 Å².